The molecule has 0 spiro atoms. The van der Waals surface area contributed by atoms with E-state index in [1.165, 1.54) is 4.90 Å². The summed E-state index contributed by atoms with van der Waals surface area (Å²) in [5, 5.41) is 12.6. The van der Waals surface area contributed by atoms with Crippen molar-refractivity contribution in [3.8, 4) is 5.75 Å². The third kappa shape index (κ3) is 2.91. The number of nitrogens with one attached hydrogen (secondary N) is 1. The molecule has 2 aliphatic rings. The molecule has 0 radical (unpaired) electrons. The van der Waals surface area contributed by atoms with Gasteiger partial charge in [0.15, 0.2) is 0 Å². The Morgan fingerprint density at radius 3 is 2.62 bits per heavy atom. The van der Waals surface area contributed by atoms with Gasteiger partial charge in [-0.05, 0) is 24.5 Å². The van der Waals surface area contributed by atoms with Crippen LogP contribution in [0.25, 0.3) is 0 Å². The number of carboxylic acid groups (broad SMARTS) is 1. The van der Waals surface area contributed by atoms with E-state index in [2.05, 4.69) is 10.2 Å². The molecule has 2 aliphatic heterocycles. The average molecular weight is 333 g/mol. The number of hydrogen-bond donors (Lipinski definition) is 2. The number of aryl methyl sites for hydroxylation is 1. The summed E-state index contributed by atoms with van der Waals surface area (Å²) >= 11 is 0. The van der Waals surface area contributed by atoms with Crippen LogP contribution in [0, 0.1) is 5.92 Å². The maximum Gasteiger partial charge on any atom is 0.316 e. The number of nitrogens with zero attached hydrogens (tertiary/aromatic N) is 2. The minimum absolute atomic E-state index is 0.318. The summed E-state index contributed by atoms with van der Waals surface area (Å²) in [6.45, 7) is 3.61. The molecular weight excluding hydrogens is 310 g/mol. The zero-order chi connectivity index (χ0) is 17.3. The summed E-state index contributed by atoms with van der Waals surface area (Å²) in [4.78, 5) is 27.5. The predicted molar refractivity (Wildman–Crippen MR) is 90.9 cm³/mol. The number of methoxy groups -OCH3 is 1. The molecule has 24 heavy (non-hydrogen) atoms. The Morgan fingerprint density at radius 1 is 1.29 bits per heavy atom. The van der Waals surface area contributed by atoms with E-state index in [-0.39, 0.29) is 5.91 Å². The average Bonchev–Trinajstić information content (AvgIpc) is 2.72. The number of aliphatic carboxylic acids is 1. The molecule has 0 bridgehead atoms. The highest BCUT2D eigenvalue weighted by Gasteiger charge is 2.34. The molecule has 1 fully saturated rings. The first-order valence-electron chi connectivity index (χ1n) is 8.20. The molecule has 7 nitrogen and oxygen atoms in total. The number of amides is 1. The lowest BCUT2D eigenvalue weighted by Crippen LogP contribution is -2.43. The van der Waals surface area contributed by atoms with Crippen molar-refractivity contribution in [2.24, 2.45) is 5.92 Å². The van der Waals surface area contributed by atoms with Crippen LogP contribution in [0.2, 0.25) is 0 Å². The van der Waals surface area contributed by atoms with Crippen molar-refractivity contribution >= 4 is 23.3 Å². The first-order valence-corrected chi connectivity index (χ1v) is 8.20. The molecule has 1 atom stereocenters. The van der Waals surface area contributed by atoms with Crippen molar-refractivity contribution < 1.29 is 19.4 Å². The first kappa shape index (κ1) is 16.6. The van der Waals surface area contributed by atoms with E-state index < -0.39 is 11.9 Å². The lowest BCUT2D eigenvalue weighted by atomic mass is 10.00. The van der Waals surface area contributed by atoms with E-state index in [9.17, 15) is 14.7 Å². The Kier molecular flexibility index (Phi) is 4.62. The van der Waals surface area contributed by atoms with Gasteiger partial charge in [0.25, 0.3) is 0 Å². The van der Waals surface area contributed by atoms with E-state index in [1.807, 2.05) is 12.1 Å². The molecule has 7 heteroatoms. The molecule has 1 unspecified atom stereocenters. The van der Waals surface area contributed by atoms with Gasteiger partial charge in [-0.1, -0.05) is 0 Å². The zero-order valence-electron chi connectivity index (χ0n) is 14.0. The van der Waals surface area contributed by atoms with Crippen molar-refractivity contribution in [3.05, 3.63) is 17.7 Å². The molecular formula is C17H23N3O4. The molecule has 2 heterocycles. The van der Waals surface area contributed by atoms with Gasteiger partial charge in [0.05, 0.1) is 18.5 Å². The Labute approximate surface area is 141 Å². The molecule has 3 rings (SSSR count). The normalized spacial score (nSPS) is 21.2. The summed E-state index contributed by atoms with van der Waals surface area (Å²) in [6, 6.07) is 3.91. The van der Waals surface area contributed by atoms with E-state index >= 15 is 0 Å². The number of benzene rings is 1. The van der Waals surface area contributed by atoms with Crippen molar-refractivity contribution in [1.29, 1.82) is 0 Å². The highest BCUT2D eigenvalue weighted by molar-refractivity contribution is 6.06. The van der Waals surface area contributed by atoms with Gasteiger partial charge in [0, 0.05) is 39.3 Å². The van der Waals surface area contributed by atoms with Crippen LogP contribution < -0.4 is 19.9 Å². The Hall–Kier alpha value is -2.28. The third-order valence-corrected chi connectivity index (χ3v) is 4.83. The maximum atomic E-state index is 12.4. The first-order chi connectivity index (χ1) is 11.5. The number of piperazine rings is 1. The van der Waals surface area contributed by atoms with Gasteiger partial charge in [0.2, 0.25) is 5.91 Å². The van der Waals surface area contributed by atoms with Gasteiger partial charge in [-0.2, -0.15) is 0 Å². The van der Waals surface area contributed by atoms with Gasteiger partial charge in [0.1, 0.15) is 11.7 Å². The highest BCUT2D eigenvalue weighted by Crippen LogP contribution is 2.38. The van der Waals surface area contributed by atoms with Crippen molar-refractivity contribution in [2.75, 3.05) is 50.1 Å². The van der Waals surface area contributed by atoms with E-state index in [0.29, 0.717) is 18.6 Å². The fraction of sp³-hybridized carbons (Fsp3) is 0.529. The smallest absolute Gasteiger partial charge is 0.316 e. The van der Waals surface area contributed by atoms with Crippen LogP contribution in [0.1, 0.15) is 12.0 Å². The number of carbonyl (C=O) groups is 2. The third-order valence-electron chi connectivity index (χ3n) is 4.83. The Morgan fingerprint density at radius 2 is 2.00 bits per heavy atom. The number of hydrogen-bond acceptors (Lipinski definition) is 5. The van der Waals surface area contributed by atoms with Crippen LogP contribution >= 0.6 is 0 Å². The SMILES string of the molecule is COc1cc2c(cc1N1CCNCC1)CCC(C(=O)O)C(=O)N2C. The van der Waals surface area contributed by atoms with E-state index in [1.54, 1.807) is 14.2 Å². The van der Waals surface area contributed by atoms with Crippen molar-refractivity contribution in [1.82, 2.24) is 5.32 Å². The van der Waals surface area contributed by atoms with Gasteiger partial charge >= 0.3 is 5.97 Å². The molecule has 0 saturated carbocycles. The minimum atomic E-state index is -1.06. The van der Waals surface area contributed by atoms with E-state index in [0.717, 1.165) is 43.1 Å². The number of ether oxygens (including phenoxy) is 1. The summed E-state index contributed by atoms with van der Waals surface area (Å²) < 4.78 is 5.55. The molecule has 0 aliphatic carbocycles. The maximum absolute atomic E-state index is 12.4. The summed E-state index contributed by atoms with van der Waals surface area (Å²) in [5.74, 6) is -1.72. The molecule has 1 aromatic carbocycles. The van der Waals surface area contributed by atoms with Crippen LogP contribution in [0.3, 0.4) is 0 Å². The van der Waals surface area contributed by atoms with Crippen LogP contribution in [0.15, 0.2) is 12.1 Å². The molecule has 2 N–H and O–H groups in total. The largest absolute Gasteiger partial charge is 0.495 e. The fourth-order valence-electron chi connectivity index (χ4n) is 3.43. The molecule has 1 aromatic rings. The summed E-state index contributed by atoms with van der Waals surface area (Å²) in [7, 11) is 3.25. The Bertz CT molecular complexity index is 655. The summed E-state index contributed by atoms with van der Waals surface area (Å²) in [5.41, 5.74) is 2.73. The number of rotatable bonds is 3. The van der Waals surface area contributed by atoms with Gasteiger partial charge in [-0.3, -0.25) is 9.59 Å². The van der Waals surface area contributed by atoms with Crippen LogP contribution in [0.4, 0.5) is 11.4 Å². The quantitative estimate of drug-likeness (QED) is 0.793. The summed E-state index contributed by atoms with van der Waals surface area (Å²) in [6.07, 6.45) is 0.879. The highest BCUT2D eigenvalue weighted by atomic mass is 16.5. The molecule has 1 saturated heterocycles. The van der Waals surface area contributed by atoms with Gasteiger partial charge in [-0.15, -0.1) is 0 Å². The lowest BCUT2D eigenvalue weighted by Gasteiger charge is -2.32. The second-order valence-electron chi connectivity index (χ2n) is 6.22. The predicted octanol–water partition coefficient (Wildman–Crippen LogP) is 0.715. The molecule has 1 amide bonds. The van der Waals surface area contributed by atoms with Crippen LogP contribution in [-0.2, 0) is 16.0 Å². The number of anilines is 2. The topological polar surface area (TPSA) is 82.1 Å². The second kappa shape index (κ2) is 6.68. The van der Waals surface area contributed by atoms with E-state index in [4.69, 9.17) is 4.74 Å². The fourth-order valence-corrected chi connectivity index (χ4v) is 3.43. The Balaban J connectivity index is 2.01. The number of fused-ring (bicyclic) bond motifs is 1. The molecule has 0 aromatic heterocycles. The van der Waals surface area contributed by atoms with Gasteiger partial charge < -0.3 is 25.0 Å². The van der Waals surface area contributed by atoms with Crippen molar-refractivity contribution in [3.63, 3.8) is 0 Å². The standard InChI is InChI=1S/C17H23N3O4/c1-19-13-10-15(24-2)14(20-7-5-18-6-8-20)9-11(13)3-4-12(16(19)21)17(22)23/h9-10,12,18H,3-8H2,1-2H3,(H,22,23). The number of carbonyl (C=O) groups excluding carboxylic acids is 1. The lowest BCUT2D eigenvalue weighted by molar-refractivity contribution is -0.146. The number of carboxylic acids is 1. The van der Waals surface area contributed by atoms with Crippen LogP contribution in [-0.4, -0.2) is 57.3 Å². The zero-order valence-corrected chi connectivity index (χ0v) is 14.0. The van der Waals surface area contributed by atoms with Crippen LogP contribution in [0.5, 0.6) is 5.75 Å². The van der Waals surface area contributed by atoms with Crippen molar-refractivity contribution in [2.45, 2.75) is 12.8 Å². The second-order valence-corrected chi connectivity index (χ2v) is 6.22. The molecule has 130 valence electrons. The monoisotopic (exact) mass is 333 g/mol. The minimum Gasteiger partial charge on any atom is -0.495 e. The van der Waals surface area contributed by atoms with Gasteiger partial charge in [-0.25, -0.2) is 0 Å².